The van der Waals surface area contributed by atoms with Crippen molar-refractivity contribution in [1.82, 2.24) is 10.2 Å². The van der Waals surface area contributed by atoms with Crippen LogP contribution >= 0.6 is 0 Å². The Morgan fingerprint density at radius 3 is 2.36 bits per heavy atom. The van der Waals surface area contributed by atoms with Gasteiger partial charge in [0.15, 0.2) is 0 Å². The van der Waals surface area contributed by atoms with Crippen LogP contribution in [0.4, 0.5) is 13.2 Å². The summed E-state index contributed by atoms with van der Waals surface area (Å²) in [5.74, 6) is 1.19. The zero-order valence-electron chi connectivity index (χ0n) is 12.8. The van der Waals surface area contributed by atoms with Crippen molar-refractivity contribution in [3.05, 3.63) is 29.8 Å². The second-order valence-corrected chi connectivity index (χ2v) is 5.81. The van der Waals surface area contributed by atoms with Crippen LogP contribution in [0, 0.1) is 5.92 Å². The van der Waals surface area contributed by atoms with Crippen LogP contribution in [0.2, 0.25) is 0 Å². The van der Waals surface area contributed by atoms with Gasteiger partial charge in [0.25, 0.3) is 0 Å². The van der Waals surface area contributed by atoms with Crippen LogP contribution in [-0.2, 0) is 6.54 Å². The van der Waals surface area contributed by atoms with Gasteiger partial charge in [-0.1, -0.05) is 12.1 Å². The smallest absolute Gasteiger partial charge is 0.401 e. The first-order valence-corrected chi connectivity index (χ1v) is 7.59. The number of halogens is 3. The van der Waals surface area contributed by atoms with Crippen LogP contribution < -0.4 is 10.1 Å². The molecule has 0 bridgehead atoms. The highest BCUT2D eigenvalue weighted by Crippen LogP contribution is 2.20. The van der Waals surface area contributed by atoms with Crippen LogP contribution in [0.5, 0.6) is 5.75 Å². The molecule has 0 radical (unpaired) electrons. The van der Waals surface area contributed by atoms with Gasteiger partial charge in [-0.05, 0) is 56.1 Å². The maximum Gasteiger partial charge on any atom is 0.401 e. The Morgan fingerprint density at radius 1 is 1.18 bits per heavy atom. The summed E-state index contributed by atoms with van der Waals surface area (Å²) in [7, 11) is 1.65. The van der Waals surface area contributed by atoms with E-state index in [9.17, 15) is 13.2 Å². The first kappa shape index (κ1) is 17.1. The summed E-state index contributed by atoms with van der Waals surface area (Å²) in [5, 5.41) is 2.51. The summed E-state index contributed by atoms with van der Waals surface area (Å²) in [6, 6.07) is 8.00. The van der Waals surface area contributed by atoms with Crippen molar-refractivity contribution in [3.63, 3.8) is 0 Å². The van der Waals surface area contributed by atoms with Gasteiger partial charge in [-0.2, -0.15) is 13.2 Å². The fourth-order valence-electron chi connectivity index (χ4n) is 2.76. The highest BCUT2D eigenvalue weighted by atomic mass is 19.4. The van der Waals surface area contributed by atoms with Gasteiger partial charge in [0.2, 0.25) is 0 Å². The largest absolute Gasteiger partial charge is 0.497 e. The molecule has 1 heterocycles. The zero-order valence-corrected chi connectivity index (χ0v) is 12.8. The van der Waals surface area contributed by atoms with Crippen molar-refractivity contribution in [2.75, 3.05) is 33.3 Å². The average molecular weight is 316 g/mol. The van der Waals surface area contributed by atoms with E-state index in [1.54, 1.807) is 7.11 Å². The van der Waals surface area contributed by atoms with E-state index in [4.69, 9.17) is 4.74 Å². The molecular formula is C16H23F3N2O. The number of hydrogen-bond acceptors (Lipinski definition) is 3. The van der Waals surface area contributed by atoms with E-state index in [0.717, 1.165) is 38.2 Å². The molecule has 124 valence electrons. The van der Waals surface area contributed by atoms with Crippen molar-refractivity contribution >= 4 is 0 Å². The van der Waals surface area contributed by atoms with Crippen LogP contribution in [0.15, 0.2) is 24.3 Å². The topological polar surface area (TPSA) is 24.5 Å². The van der Waals surface area contributed by atoms with E-state index in [1.165, 1.54) is 5.56 Å². The predicted molar refractivity (Wildman–Crippen MR) is 79.9 cm³/mol. The lowest BCUT2D eigenvalue weighted by molar-refractivity contribution is -0.125. The molecule has 3 nitrogen and oxygen atoms in total. The average Bonchev–Trinajstić information content (AvgIpc) is 2.49. The van der Waals surface area contributed by atoms with Crippen molar-refractivity contribution in [2.24, 2.45) is 5.92 Å². The summed E-state index contributed by atoms with van der Waals surface area (Å²) < 4.78 is 41.4. The molecule has 0 atom stereocenters. The van der Waals surface area contributed by atoms with Crippen LogP contribution in [0.3, 0.4) is 0 Å². The normalized spacial score (nSPS) is 17.6. The van der Waals surface area contributed by atoms with Gasteiger partial charge in [-0.25, -0.2) is 0 Å². The third kappa shape index (κ3) is 5.85. The number of methoxy groups -OCH3 is 1. The van der Waals surface area contributed by atoms with E-state index in [-0.39, 0.29) is 0 Å². The quantitative estimate of drug-likeness (QED) is 0.873. The number of likely N-dealkylation sites (tertiary alicyclic amines) is 1. The Kier molecular flexibility index (Phi) is 6.08. The van der Waals surface area contributed by atoms with Gasteiger partial charge in [0.05, 0.1) is 13.7 Å². The van der Waals surface area contributed by atoms with Gasteiger partial charge < -0.3 is 10.1 Å². The third-order valence-corrected chi connectivity index (χ3v) is 4.03. The molecule has 0 unspecified atom stereocenters. The summed E-state index contributed by atoms with van der Waals surface area (Å²) in [4.78, 5) is 2.35. The molecule has 1 N–H and O–H groups in total. The Balaban J connectivity index is 1.68. The Morgan fingerprint density at radius 2 is 1.82 bits per heavy atom. The fraction of sp³-hybridized carbons (Fsp3) is 0.625. The van der Waals surface area contributed by atoms with Gasteiger partial charge in [0, 0.05) is 6.54 Å². The molecule has 0 spiro atoms. The molecular weight excluding hydrogens is 293 g/mol. The lowest BCUT2D eigenvalue weighted by atomic mass is 9.96. The Bertz CT molecular complexity index is 440. The first-order valence-electron chi connectivity index (χ1n) is 7.59. The molecule has 1 aliphatic rings. The Hall–Kier alpha value is -1.27. The van der Waals surface area contributed by atoms with E-state index in [1.807, 2.05) is 12.1 Å². The molecule has 1 saturated heterocycles. The molecule has 6 heteroatoms. The number of nitrogens with one attached hydrogen (secondary N) is 1. The second kappa shape index (κ2) is 7.83. The number of alkyl halides is 3. The van der Waals surface area contributed by atoms with Crippen molar-refractivity contribution in [1.29, 1.82) is 0 Å². The lowest BCUT2D eigenvalue weighted by Gasteiger charge is -2.32. The minimum atomic E-state index is -4.12. The number of benzene rings is 1. The van der Waals surface area contributed by atoms with Crippen LogP contribution in [0.1, 0.15) is 18.4 Å². The second-order valence-electron chi connectivity index (χ2n) is 5.81. The summed E-state index contributed by atoms with van der Waals surface area (Å²) in [6.45, 7) is 2.32. The highest BCUT2D eigenvalue weighted by molar-refractivity contribution is 5.27. The molecule has 22 heavy (non-hydrogen) atoms. The number of ether oxygens (including phenoxy) is 1. The molecule has 0 aromatic heterocycles. The maximum absolute atomic E-state index is 12.1. The van der Waals surface area contributed by atoms with Gasteiger partial charge >= 0.3 is 6.18 Å². The summed E-state index contributed by atoms with van der Waals surface area (Å²) in [6.07, 6.45) is -2.23. The predicted octanol–water partition coefficient (Wildman–Crippen LogP) is 3.06. The maximum atomic E-state index is 12.1. The molecule has 1 aliphatic heterocycles. The SMILES string of the molecule is COc1ccc(CN2CCC(CNCC(F)(F)F)CC2)cc1. The van der Waals surface area contributed by atoms with E-state index in [2.05, 4.69) is 22.3 Å². The fourth-order valence-corrected chi connectivity index (χ4v) is 2.76. The molecule has 1 aromatic carbocycles. The molecule has 1 fully saturated rings. The molecule has 0 amide bonds. The van der Waals surface area contributed by atoms with Crippen LogP contribution in [0.25, 0.3) is 0 Å². The minimum absolute atomic E-state index is 0.342. The van der Waals surface area contributed by atoms with Crippen LogP contribution in [-0.4, -0.2) is 44.4 Å². The number of hydrogen-bond donors (Lipinski definition) is 1. The highest BCUT2D eigenvalue weighted by Gasteiger charge is 2.27. The van der Waals surface area contributed by atoms with E-state index >= 15 is 0 Å². The monoisotopic (exact) mass is 316 g/mol. The first-order chi connectivity index (χ1) is 10.5. The van der Waals surface area contributed by atoms with Crippen molar-refractivity contribution in [2.45, 2.75) is 25.6 Å². The Labute approximate surface area is 129 Å². The number of piperidine rings is 1. The molecule has 1 aromatic rings. The minimum Gasteiger partial charge on any atom is -0.497 e. The lowest BCUT2D eigenvalue weighted by Crippen LogP contribution is -2.39. The van der Waals surface area contributed by atoms with Gasteiger partial charge in [-0.15, -0.1) is 0 Å². The summed E-state index contributed by atoms with van der Waals surface area (Å²) in [5.41, 5.74) is 1.23. The number of rotatable bonds is 6. The van der Waals surface area contributed by atoms with Gasteiger partial charge in [-0.3, -0.25) is 4.90 Å². The third-order valence-electron chi connectivity index (χ3n) is 4.03. The molecule has 0 aliphatic carbocycles. The van der Waals surface area contributed by atoms with Gasteiger partial charge in [0.1, 0.15) is 5.75 Å². The van der Waals surface area contributed by atoms with E-state index < -0.39 is 12.7 Å². The number of nitrogens with zero attached hydrogens (tertiary/aromatic N) is 1. The molecule has 0 saturated carbocycles. The standard InChI is InChI=1S/C16H23F3N2O/c1-22-15-4-2-14(3-5-15)11-21-8-6-13(7-9-21)10-20-12-16(17,18)19/h2-5,13,20H,6-12H2,1H3. The molecule has 2 rings (SSSR count). The zero-order chi connectivity index (χ0) is 16.0. The summed E-state index contributed by atoms with van der Waals surface area (Å²) >= 11 is 0. The van der Waals surface area contributed by atoms with Crippen molar-refractivity contribution in [3.8, 4) is 5.75 Å². The van der Waals surface area contributed by atoms with Crippen molar-refractivity contribution < 1.29 is 17.9 Å². The van der Waals surface area contributed by atoms with E-state index in [0.29, 0.717) is 12.5 Å².